The van der Waals surface area contributed by atoms with Gasteiger partial charge in [-0.2, -0.15) is 0 Å². The van der Waals surface area contributed by atoms with Crippen LogP contribution in [-0.2, 0) is 11.2 Å². The van der Waals surface area contributed by atoms with Crippen LogP contribution in [0.1, 0.15) is 28.8 Å². The van der Waals surface area contributed by atoms with Crippen molar-refractivity contribution in [2.45, 2.75) is 25.3 Å². The number of carbonyl (C=O) groups excluding carboxylic acids is 1. The summed E-state index contributed by atoms with van der Waals surface area (Å²) in [4.78, 5) is 17.2. The van der Waals surface area contributed by atoms with Crippen LogP contribution in [0, 0.1) is 0 Å². The maximum atomic E-state index is 12.5. The second-order valence-corrected chi connectivity index (χ2v) is 8.54. The Morgan fingerprint density at radius 3 is 2.63 bits per heavy atom. The van der Waals surface area contributed by atoms with Gasteiger partial charge in [0.15, 0.2) is 0 Å². The van der Waals surface area contributed by atoms with Gasteiger partial charge in [-0.25, -0.2) is 0 Å². The van der Waals surface area contributed by atoms with E-state index in [0.717, 1.165) is 11.9 Å². The van der Waals surface area contributed by atoms with E-state index in [0.29, 0.717) is 13.1 Å². The first-order valence-corrected chi connectivity index (χ1v) is 11.2. The summed E-state index contributed by atoms with van der Waals surface area (Å²) in [5.41, 5.74) is 3.61. The Labute approximate surface area is 181 Å². The lowest BCUT2D eigenvalue weighted by Crippen LogP contribution is -2.44. The van der Waals surface area contributed by atoms with Gasteiger partial charge in [0.05, 0.1) is 6.04 Å². The molecule has 4 nitrogen and oxygen atoms in total. The van der Waals surface area contributed by atoms with Crippen molar-refractivity contribution < 1.29 is 4.79 Å². The zero-order valence-electron chi connectivity index (χ0n) is 17.1. The molecule has 0 aliphatic heterocycles. The fraction of sp³-hybridized carbons (Fsp3) is 0.240. The van der Waals surface area contributed by atoms with Crippen molar-refractivity contribution >= 4 is 28.1 Å². The lowest BCUT2D eigenvalue weighted by Gasteiger charge is -2.21. The molecule has 3 N–H and O–H groups in total. The molecule has 2 aromatic carbocycles. The van der Waals surface area contributed by atoms with E-state index in [1.807, 2.05) is 25.1 Å². The minimum atomic E-state index is -0.259. The van der Waals surface area contributed by atoms with Gasteiger partial charge >= 0.3 is 0 Å². The van der Waals surface area contributed by atoms with E-state index in [2.05, 4.69) is 75.7 Å². The molecule has 0 radical (unpaired) electrons. The van der Waals surface area contributed by atoms with Crippen molar-refractivity contribution in [3.63, 3.8) is 0 Å². The van der Waals surface area contributed by atoms with E-state index in [1.54, 1.807) is 11.3 Å². The van der Waals surface area contributed by atoms with Crippen molar-refractivity contribution in [2.24, 2.45) is 0 Å². The van der Waals surface area contributed by atoms with Gasteiger partial charge in [0, 0.05) is 41.0 Å². The summed E-state index contributed by atoms with van der Waals surface area (Å²) in [6.07, 6.45) is 2.97. The molecule has 2 heterocycles. The Bertz CT molecular complexity index is 1070. The molecule has 0 unspecified atom stereocenters. The molecule has 0 aliphatic rings. The molecular weight excluding hydrogens is 390 g/mol. The quantitative estimate of drug-likeness (QED) is 0.370. The molecule has 0 saturated heterocycles. The first-order chi connectivity index (χ1) is 14.7. The second kappa shape index (κ2) is 9.74. The van der Waals surface area contributed by atoms with E-state index >= 15 is 0 Å². The third-order valence-corrected chi connectivity index (χ3v) is 6.41. The number of aromatic nitrogens is 1. The Morgan fingerprint density at radius 2 is 1.83 bits per heavy atom. The SMILES string of the molecule is C[C@H](NC[C@@H](c1ccccc1)c1c[nH]c2ccccc12)C(=O)NCCc1cccs1. The smallest absolute Gasteiger partial charge is 0.236 e. The summed E-state index contributed by atoms with van der Waals surface area (Å²) in [6, 6.07) is 22.7. The average molecular weight is 418 g/mol. The molecule has 0 spiro atoms. The monoisotopic (exact) mass is 417 g/mol. The predicted octanol–water partition coefficient (Wildman–Crippen LogP) is 4.70. The maximum absolute atomic E-state index is 12.5. The fourth-order valence-electron chi connectivity index (χ4n) is 3.78. The summed E-state index contributed by atoms with van der Waals surface area (Å²) < 4.78 is 0. The Balaban J connectivity index is 1.42. The minimum Gasteiger partial charge on any atom is -0.361 e. The number of fused-ring (bicyclic) bond motifs is 1. The lowest BCUT2D eigenvalue weighted by atomic mass is 9.90. The molecule has 1 amide bonds. The van der Waals surface area contributed by atoms with Gasteiger partial charge in [-0.3, -0.25) is 4.79 Å². The van der Waals surface area contributed by atoms with Gasteiger partial charge in [0.1, 0.15) is 0 Å². The van der Waals surface area contributed by atoms with Crippen LogP contribution >= 0.6 is 11.3 Å². The van der Waals surface area contributed by atoms with Gasteiger partial charge in [0.25, 0.3) is 0 Å². The van der Waals surface area contributed by atoms with Crippen LogP contribution in [-0.4, -0.2) is 30.0 Å². The molecule has 0 aliphatic carbocycles. The number of aromatic amines is 1. The highest BCUT2D eigenvalue weighted by Gasteiger charge is 2.20. The van der Waals surface area contributed by atoms with E-state index in [-0.39, 0.29) is 17.9 Å². The number of para-hydroxylation sites is 1. The number of rotatable bonds is 9. The molecule has 4 rings (SSSR count). The molecule has 0 fully saturated rings. The average Bonchev–Trinajstić information content (AvgIpc) is 3.45. The number of benzene rings is 2. The van der Waals surface area contributed by atoms with Crippen LogP contribution in [0.2, 0.25) is 0 Å². The van der Waals surface area contributed by atoms with Crippen molar-refractivity contribution in [3.8, 4) is 0 Å². The third kappa shape index (κ3) is 4.81. The highest BCUT2D eigenvalue weighted by Crippen LogP contribution is 2.30. The number of amides is 1. The molecule has 2 atom stereocenters. The highest BCUT2D eigenvalue weighted by atomic mass is 32.1. The predicted molar refractivity (Wildman–Crippen MR) is 125 cm³/mol. The standard InChI is InChI=1S/C25H27N3OS/c1-18(25(29)26-14-13-20-10-7-15-30-20)27-16-22(19-8-3-2-4-9-19)23-17-28-24-12-6-5-11-21(23)24/h2-12,15,17-18,22,27-28H,13-14,16H2,1H3,(H,26,29)/t18-,22-/m0/s1. The van der Waals surface area contributed by atoms with Gasteiger partial charge in [-0.1, -0.05) is 54.6 Å². The fourth-order valence-corrected chi connectivity index (χ4v) is 4.49. The first-order valence-electron chi connectivity index (χ1n) is 10.4. The topological polar surface area (TPSA) is 56.9 Å². The zero-order chi connectivity index (χ0) is 20.8. The summed E-state index contributed by atoms with van der Waals surface area (Å²) in [6.45, 7) is 3.28. The molecule has 4 aromatic rings. The van der Waals surface area contributed by atoms with Crippen molar-refractivity contribution in [1.29, 1.82) is 0 Å². The van der Waals surface area contributed by atoms with Gasteiger partial charge in [0.2, 0.25) is 5.91 Å². The van der Waals surface area contributed by atoms with Crippen molar-refractivity contribution in [2.75, 3.05) is 13.1 Å². The normalized spacial score (nSPS) is 13.2. The highest BCUT2D eigenvalue weighted by molar-refractivity contribution is 7.09. The molecule has 30 heavy (non-hydrogen) atoms. The molecular formula is C25H27N3OS. The maximum Gasteiger partial charge on any atom is 0.236 e. The number of nitrogens with one attached hydrogen (secondary N) is 3. The van der Waals surface area contributed by atoms with E-state index in [9.17, 15) is 4.79 Å². The number of hydrogen-bond acceptors (Lipinski definition) is 3. The van der Waals surface area contributed by atoms with Crippen LogP contribution in [0.3, 0.4) is 0 Å². The Hall–Kier alpha value is -2.89. The number of hydrogen-bond donors (Lipinski definition) is 3. The lowest BCUT2D eigenvalue weighted by molar-refractivity contribution is -0.122. The van der Waals surface area contributed by atoms with Gasteiger partial charge < -0.3 is 15.6 Å². The third-order valence-electron chi connectivity index (χ3n) is 5.47. The number of carbonyl (C=O) groups is 1. The van der Waals surface area contributed by atoms with E-state index in [4.69, 9.17) is 0 Å². The molecule has 0 bridgehead atoms. The largest absolute Gasteiger partial charge is 0.361 e. The minimum absolute atomic E-state index is 0.0392. The summed E-state index contributed by atoms with van der Waals surface area (Å²) >= 11 is 1.72. The summed E-state index contributed by atoms with van der Waals surface area (Å²) in [7, 11) is 0. The van der Waals surface area contributed by atoms with Gasteiger partial charge in [-0.15, -0.1) is 11.3 Å². The molecule has 2 aromatic heterocycles. The van der Waals surface area contributed by atoms with E-state index in [1.165, 1.54) is 21.4 Å². The Morgan fingerprint density at radius 1 is 1.03 bits per heavy atom. The van der Waals surface area contributed by atoms with Crippen molar-refractivity contribution in [1.82, 2.24) is 15.6 Å². The molecule has 0 saturated carbocycles. The van der Waals surface area contributed by atoms with Crippen LogP contribution in [0.4, 0.5) is 0 Å². The molecule has 154 valence electrons. The van der Waals surface area contributed by atoms with E-state index < -0.39 is 0 Å². The molecule has 5 heteroatoms. The number of H-pyrrole nitrogens is 1. The number of thiophene rings is 1. The van der Waals surface area contributed by atoms with Crippen LogP contribution < -0.4 is 10.6 Å². The summed E-state index contributed by atoms with van der Waals surface area (Å²) in [5.74, 6) is 0.195. The van der Waals surface area contributed by atoms with Crippen LogP contribution in [0.25, 0.3) is 10.9 Å². The zero-order valence-corrected chi connectivity index (χ0v) is 17.9. The van der Waals surface area contributed by atoms with Crippen LogP contribution in [0.15, 0.2) is 78.3 Å². The van der Waals surface area contributed by atoms with Crippen molar-refractivity contribution in [3.05, 3.63) is 94.3 Å². The second-order valence-electron chi connectivity index (χ2n) is 7.50. The summed E-state index contributed by atoms with van der Waals surface area (Å²) in [5, 5.41) is 9.79. The van der Waals surface area contributed by atoms with Crippen LogP contribution in [0.5, 0.6) is 0 Å². The van der Waals surface area contributed by atoms with Gasteiger partial charge in [-0.05, 0) is 42.0 Å². The first kappa shape index (κ1) is 20.4. The Kier molecular flexibility index (Phi) is 6.62.